The molecule has 0 spiro atoms. The minimum absolute atomic E-state index is 0.0952. The van der Waals surface area contributed by atoms with Crippen LogP contribution in [0, 0.1) is 6.92 Å². The monoisotopic (exact) mass is 455 g/mol. The van der Waals surface area contributed by atoms with Gasteiger partial charge >= 0.3 is 0 Å². The topological polar surface area (TPSA) is 80.3 Å². The lowest BCUT2D eigenvalue weighted by atomic mass is 10.1. The van der Waals surface area contributed by atoms with E-state index in [4.69, 9.17) is 14.2 Å². The van der Waals surface area contributed by atoms with E-state index in [2.05, 4.69) is 10.2 Å². The maximum atomic E-state index is 12.6. The average Bonchev–Trinajstić information content (AvgIpc) is 2.83. The zero-order chi connectivity index (χ0) is 23.8. The number of rotatable bonds is 9. The second kappa shape index (κ2) is 11.6. The fourth-order valence-corrected chi connectivity index (χ4v) is 3.85. The van der Waals surface area contributed by atoms with Gasteiger partial charge in [-0.3, -0.25) is 14.5 Å². The van der Waals surface area contributed by atoms with Crippen molar-refractivity contribution in [3.05, 3.63) is 47.5 Å². The number of piperazine rings is 1. The molecule has 0 bridgehead atoms. The molecule has 1 aliphatic heterocycles. The van der Waals surface area contributed by atoms with E-state index in [1.165, 1.54) is 26.9 Å². The molecule has 0 saturated carbocycles. The third kappa shape index (κ3) is 6.61. The Labute approximate surface area is 195 Å². The molecule has 1 heterocycles. The molecule has 0 radical (unpaired) electrons. The number of benzene rings is 2. The normalized spacial score (nSPS) is 14.0. The smallest absolute Gasteiger partial charge is 0.227 e. The third-order valence-electron chi connectivity index (χ3n) is 5.80. The van der Waals surface area contributed by atoms with Crippen molar-refractivity contribution < 1.29 is 23.8 Å². The highest BCUT2D eigenvalue weighted by Crippen LogP contribution is 2.39. The quantitative estimate of drug-likeness (QED) is 0.626. The summed E-state index contributed by atoms with van der Waals surface area (Å²) in [5, 5.41) is 2.89. The number of nitrogens with zero attached hydrogens (tertiary/aromatic N) is 2. The van der Waals surface area contributed by atoms with E-state index in [1.54, 1.807) is 12.1 Å². The molecule has 0 unspecified atom stereocenters. The van der Waals surface area contributed by atoms with Gasteiger partial charge in [0, 0.05) is 57.0 Å². The first-order valence-corrected chi connectivity index (χ1v) is 11.1. The predicted octanol–water partition coefficient (Wildman–Crippen LogP) is 2.74. The number of anilines is 1. The zero-order valence-corrected chi connectivity index (χ0v) is 19.8. The minimum Gasteiger partial charge on any atom is -0.493 e. The first-order chi connectivity index (χ1) is 15.9. The van der Waals surface area contributed by atoms with Crippen LogP contribution in [0.3, 0.4) is 0 Å². The Morgan fingerprint density at radius 3 is 2.06 bits per heavy atom. The van der Waals surface area contributed by atoms with Crippen molar-refractivity contribution in [1.29, 1.82) is 0 Å². The van der Waals surface area contributed by atoms with Crippen LogP contribution in [0.4, 0.5) is 5.69 Å². The second-order valence-corrected chi connectivity index (χ2v) is 8.10. The fourth-order valence-electron chi connectivity index (χ4n) is 3.85. The second-order valence-electron chi connectivity index (χ2n) is 8.10. The molecule has 0 aliphatic carbocycles. The number of carbonyl (C=O) groups excluding carboxylic acids is 2. The summed E-state index contributed by atoms with van der Waals surface area (Å²) in [6, 6.07) is 11.5. The average molecular weight is 456 g/mol. The highest BCUT2D eigenvalue weighted by Gasteiger charge is 2.22. The Bertz CT molecular complexity index is 928. The Kier molecular flexibility index (Phi) is 8.54. The Balaban J connectivity index is 1.44. The number of amides is 2. The van der Waals surface area contributed by atoms with E-state index >= 15 is 0 Å². The lowest BCUT2D eigenvalue weighted by molar-refractivity contribution is -0.132. The van der Waals surface area contributed by atoms with Crippen molar-refractivity contribution in [3.63, 3.8) is 0 Å². The maximum absolute atomic E-state index is 12.6. The summed E-state index contributed by atoms with van der Waals surface area (Å²) in [7, 11) is 4.61. The summed E-state index contributed by atoms with van der Waals surface area (Å²) in [5.41, 5.74) is 2.81. The van der Waals surface area contributed by atoms with Crippen LogP contribution in [-0.4, -0.2) is 75.7 Å². The molecule has 0 atom stereocenters. The van der Waals surface area contributed by atoms with Gasteiger partial charge in [0.2, 0.25) is 17.6 Å². The van der Waals surface area contributed by atoms with Crippen LogP contribution in [0.25, 0.3) is 0 Å². The zero-order valence-electron chi connectivity index (χ0n) is 19.8. The summed E-state index contributed by atoms with van der Waals surface area (Å²) < 4.78 is 16.0. The van der Waals surface area contributed by atoms with E-state index in [9.17, 15) is 9.59 Å². The van der Waals surface area contributed by atoms with Gasteiger partial charge in [-0.15, -0.1) is 0 Å². The van der Waals surface area contributed by atoms with Crippen LogP contribution in [0.2, 0.25) is 0 Å². The molecule has 1 aliphatic rings. The van der Waals surface area contributed by atoms with Crippen LogP contribution < -0.4 is 19.5 Å². The number of hydrogen-bond acceptors (Lipinski definition) is 6. The van der Waals surface area contributed by atoms with Crippen LogP contribution in [0.1, 0.15) is 17.5 Å². The number of carbonyl (C=O) groups is 2. The first-order valence-electron chi connectivity index (χ1n) is 11.1. The van der Waals surface area contributed by atoms with E-state index in [1.807, 2.05) is 36.1 Å². The Morgan fingerprint density at radius 1 is 0.909 bits per heavy atom. The molecular formula is C25H33N3O5. The van der Waals surface area contributed by atoms with Gasteiger partial charge in [-0.05, 0) is 12.5 Å². The predicted molar refractivity (Wildman–Crippen MR) is 127 cm³/mol. The number of ether oxygens (including phenoxy) is 3. The number of nitrogens with one attached hydrogen (secondary N) is 1. The fraction of sp³-hybridized carbons (Fsp3) is 0.440. The summed E-state index contributed by atoms with van der Waals surface area (Å²) in [6.07, 6.45) is 0.783. The molecule has 33 heavy (non-hydrogen) atoms. The maximum Gasteiger partial charge on any atom is 0.227 e. The largest absolute Gasteiger partial charge is 0.493 e. The molecule has 1 saturated heterocycles. The van der Waals surface area contributed by atoms with Crippen molar-refractivity contribution in [3.8, 4) is 17.2 Å². The van der Waals surface area contributed by atoms with E-state index in [0.717, 1.165) is 18.7 Å². The molecule has 3 rings (SSSR count). The highest BCUT2D eigenvalue weighted by molar-refractivity contribution is 5.91. The van der Waals surface area contributed by atoms with E-state index in [-0.39, 0.29) is 11.8 Å². The molecule has 178 valence electrons. The number of aryl methyl sites for hydroxylation is 1. The van der Waals surface area contributed by atoms with Crippen molar-refractivity contribution in [1.82, 2.24) is 9.80 Å². The Morgan fingerprint density at radius 2 is 1.52 bits per heavy atom. The molecule has 2 aromatic rings. The van der Waals surface area contributed by atoms with Gasteiger partial charge in [-0.25, -0.2) is 0 Å². The van der Waals surface area contributed by atoms with Gasteiger partial charge in [-0.1, -0.05) is 29.8 Å². The van der Waals surface area contributed by atoms with Crippen molar-refractivity contribution >= 4 is 17.5 Å². The molecule has 2 amide bonds. The van der Waals surface area contributed by atoms with Crippen LogP contribution in [-0.2, 0) is 16.0 Å². The van der Waals surface area contributed by atoms with Gasteiger partial charge in [-0.2, -0.15) is 0 Å². The van der Waals surface area contributed by atoms with Crippen molar-refractivity contribution in [2.75, 3.05) is 59.4 Å². The highest BCUT2D eigenvalue weighted by atomic mass is 16.5. The summed E-state index contributed by atoms with van der Waals surface area (Å²) in [5.74, 6) is 1.51. The van der Waals surface area contributed by atoms with Crippen LogP contribution in [0.5, 0.6) is 17.2 Å². The van der Waals surface area contributed by atoms with Gasteiger partial charge in [0.25, 0.3) is 0 Å². The number of hydrogen-bond donors (Lipinski definition) is 1. The minimum atomic E-state index is -0.0952. The molecule has 2 aromatic carbocycles. The van der Waals surface area contributed by atoms with Crippen LogP contribution in [0.15, 0.2) is 36.4 Å². The van der Waals surface area contributed by atoms with Crippen LogP contribution >= 0.6 is 0 Å². The molecule has 8 heteroatoms. The third-order valence-corrected chi connectivity index (χ3v) is 5.80. The van der Waals surface area contributed by atoms with Gasteiger partial charge < -0.3 is 24.4 Å². The number of methoxy groups -OCH3 is 3. The van der Waals surface area contributed by atoms with Crippen molar-refractivity contribution in [2.45, 2.75) is 19.8 Å². The van der Waals surface area contributed by atoms with E-state index < -0.39 is 0 Å². The summed E-state index contributed by atoms with van der Waals surface area (Å²) in [4.78, 5) is 29.2. The molecule has 1 fully saturated rings. The van der Waals surface area contributed by atoms with Gasteiger partial charge in [0.15, 0.2) is 11.5 Å². The lowest BCUT2D eigenvalue weighted by Gasteiger charge is -2.34. The summed E-state index contributed by atoms with van der Waals surface area (Å²) >= 11 is 0. The first kappa shape index (κ1) is 24.4. The lowest BCUT2D eigenvalue weighted by Crippen LogP contribution is -2.49. The summed E-state index contributed by atoms with van der Waals surface area (Å²) in [6.45, 7) is 5.55. The standard InChI is InChI=1S/C25H33N3O5/c1-18-5-7-19(8-6-18)15-24(30)28-13-11-27(12-14-28)10-9-23(29)26-20-16-21(31-2)25(33-4)22(17-20)32-3/h5-8,16-17H,9-15H2,1-4H3,(H,26,29). The van der Waals surface area contributed by atoms with Gasteiger partial charge in [0.05, 0.1) is 27.8 Å². The van der Waals surface area contributed by atoms with Gasteiger partial charge in [0.1, 0.15) is 0 Å². The molecule has 1 N–H and O–H groups in total. The molecule has 8 nitrogen and oxygen atoms in total. The SMILES string of the molecule is COc1cc(NC(=O)CCN2CCN(C(=O)Cc3ccc(C)cc3)CC2)cc(OC)c1OC. The van der Waals surface area contributed by atoms with E-state index in [0.29, 0.717) is 55.4 Å². The molecule has 0 aromatic heterocycles. The van der Waals surface area contributed by atoms with Crippen molar-refractivity contribution in [2.24, 2.45) is 0 Å². The molecular weight excluding hydrogens is 422 g/mol. The Hall–Kier alpha value is -3.26.